The number of aromatic nitrogens is 1. The van der Waals surface area contributed by atoms with Gasteiger partial charge in [-0.15, -0.1) is 11.8 Å². The first-order valence-electron chi connectivity index (χ1n) is 10.6. The minimum absolute atomic E-state index is 0.148. The molecule has 4 nitrogen and oxygen atoms in total. The molecular weight excluding hydrogens is 392 g/mol. The Hall–Kier alpha value is -2.53. The normalized spacial score (nSPS) is 14.8. The van der Waals surface area contributed by atoms with E-state index in [1.54, 1.807) is 11.8 Å². The monoisotopic (exact) mass is 420 g/mol. The summed E-state index contributed by atoms with van der Waals surface area (Å²) < 4.78 is 5.27. The third-order valence-electron chi connectivity index (χ3n) is 5.94. The third-order valence-corrected chi connectivity index (χ3v) is 7.04. The summed E-state index contributed by atoms with van der Waals surface area (Å²) in [6.45, 7) is 5.56. The first-order valence-corrected chi connectivity index (χ1v) is 11.6. The van der Waals surface area contributed by atoms with Gasteiger partial charge in [-0.05, 0) is 56.7 Å². The summed E-state index contributed by atoms with van der Waals surface area (Å²) in [6, 6.07) is 18.6. The van der Waals surface area contributed by atoms with E-state index in [2.05, 4.69) is 35.5 Å². The van der Waals surface area contributed by atoms with Gasteiger partial charge in [0.2, 0.25) is 0 Å². The molecule has 0 N–H and O–H groups in total. The van der Waals surface area contributed by atoms with Crippen LogP contribution in [0.3, 0.4) is 0 Å². The maximum atomic E-state index is 13.3. The van der Waals surface area contributed by atoms with Gasteiger partial charge in [0.25, 0.3) is 5.91 Å². The Labute approximate surface area is 182 Å². The minimum atomic E-state index is 0.148. The molecule has 1 aliphatic heterocycles. The maximum absolute atomic E-state index is 13.3. The zero-order valence-corrected chi connectivity index (χ0v) is 18.5. The molecule has 1 amide bonds. The lowest BCUT2D eigenvalue weighted by molar-refractivity contribution is 0.0687. The van der Waals surface area contributed by atoms with Crippen molar-refractivity contribution in [2.75, 3.05) is 13.1 Å². The highest BCUT2D eigenvalue weighted by atomic mass is 32.2. The lowest BCUT2D eigenvalue weighted by atomic mass is 9.90. The summed E-state index contributed by atoms with van der Waals surface area (Å²) in [5, 5.41) is 4.03. The first-order chi connectivity index (χ1) is 14.6. The average Bonchev–Trinajstić information content (AvgIpc) is 3.10. The summed E-state index contributed by atoms with van der Waals surface area (Å²) in [5.74, 6) is 2.41. The quantitative estimate of drug-likeness (QED) is 0.482. The van der Waals surface area contributed by atoms with Crippen LogP contribution in [0.2, 0.25) is 0 Å². The number of rotatable bonds is 6. The van der Waals surface area contributed by atoms with Crippen molar-refractivity contribution in [3.63, 3.8) is 0 Å². The Morgan fingerprint density at radius 3 is 2.47 bits per heavy atom. The minimum Gasteiger partial charge on any atom is -0.361 e. The molecule has 4 rings (SSSR count). The van der Waals surface area contributed by atoms with Gasteiger partial charge in [-0.25, -0.2) is 0 Å². The third kappa shape index (κ3) is 4.78. The van der Waals surface area contributed by atoms with E-state index in [-0.39, 0.29) is 5.91 Å². The number of benzene rings is 2. The van der Waals surface area contributed by atoms with Gasteiger partial charge in [0.05, 0.1) is 11.3 Å². The molecule has 0 saturated carbocycles. The van der Waals surface area contributed by atoms with Gasteiger partial charge < -0.3 is 9.42 Å². The molecule has 1 fully saturated rings. The van der Waals surface area contributed by atoms with Crippen LogP contribution in [0.4, 0.5) is 0 Å². The van der Waals surface area contributed by atoms with E-state index in [9.17, 15) is 4.79 Å². The number of likely N-dealkylation sites (tertiary alicyclic amines) is 1. The van der Waals surface area contributed by atoms with Gasteiger partial charge in [0.15, 0.2) is 0 Å². The molecule has 3 aromatic rings. The molecule has 0 aliphatic carbocycles. The highest BCUT2D eigenvalue weighted by Crippen LogP contribution is 2.30. The van der Waals surface area contributed by atoms with Crippen LogP contribution < -0.4 is 0 Å². The number of nitrogens with zero attached hydrogens (tertiary/aromatic N) is 2. The summed E-state index contributed by atoms with van der Waals surface area (Å²) in [5.41, 5.74) is 4.23. The predicted octanol–water partition coefficient (Wildman–Crippen LogP) is 5.68. The summed E-state index contributed by atoms with van der Waals surface area (Å²) >= 11 is 1.68. The van der Waals surface area contributed by atoms with Crippen LogP contribution in [0.25, 0.3) is 0 Å². The van der Waals surface area contributed by atoms with Crippen LogP contribution in [0.15, 0.2) is 64.0 Å². The topological polar surface area (TPSA) is 46.3 Å². The largest absolute Gasteiger partial charge is 0.361 e. The van der Waals surface area contributed by atoms with E-state index in [4.69, 9.17) is 4.52 Å². The van der Waals surface area contributed by atoms with Gasteiger partial charge in [0.1, 0.15) is 5.76 Å². The highest BCUT2D eigenvalue weighted by Gasteiger charge is 2.25. The number of amides is 1. The molecule has 2 heterocycles. The fourth-order valence-corrected chi connectivity index (χ4v) is 5.28. The zero-order chi connectivity index (χ0) is 20.9. The van der Waals surface area contributed by atoms with E-state index in [1.165, 1.54) is 5.56 Å². The Balaban J connectivity index is 1.38. The van der Waals surface area contributed by atoms with Gasteiger partial charge in [-0.1, -0.05) is 47.6 Å². The molecule has 1 aromatic heterocycles. The zero-order valence-electron chi connectivity index (χ0n) is 17.6. The second kappa shape index (κ2) is 9.52. The second-order valence-corrected chi connectivity index (χ2v) is 9.03. The molecule has 0 radical (unpaired) electrons. The van der Waals surface area contributed by atoms with Gasteiger partial charge >= 0.3 is 0 Å². The Bertz CT molecular complexity index is 972. The van der Waals surface area contributed by atoms with Crippen LogP contribution >= 0.6 is 11.8 Å². The molecule has 30 heavy (non-hydrogen) atoms. The Morgan fingerprint density at radius 1 is 1.07 bits per heavy atom. The number of thioether (sulfide) groups is 1. The fraction of sp³-hybridized carbons (Fsp3) is 0.360. The molecule has 0 spiro atoms. The number of piperidine rings is 1. The summed E-state index contributed by atoms with van der Waals surface area (Å²) in [6.07, 6.45) is 3.23. The van der Waals surface area contributed by atoms with E-state index >= 15 is 0 Å². The lowest BCUT2D eigenvalue weighted by Crippen LogP contribution is -2.39. The van der Waals surface area contributed by atoms with E-state index in [0.717, 1.165) is 65.6 Å². The molecule has 1 saturated heterocycles. The fourth-order valence-electron chi connectivity index (χ4n) is 4.09. The maximum Gasteiger partial charge on any atom is 0.254 e. The van der Waals surface area contributed by atoms with Crippen molar-refractivity contribution in [1.82, 2.24) is 10.1 Å². The van der Waals surface area contributed by atoms with E-state index in [0.29, 0.717) is 5.92 Å². The van der Waals surface area contributed by atoms with Crippen LogP contribution in [0.1, 0.15) is 45.8 Å². The molecule has 1 aliphatic rings. The predicted molar refractivity (Wildman–Crippen MR) is 121 cm³/mol. The van der Waals surface area contributed by atoms with Crippen LogP contribution in [-0.4, -0.2) is 29.1 Å². The SMILES string of the molecule is Cc1noc(C)c1CSc1ccccc1C(=O)N1CCC(Cc2ccccc2)CC1. The number of hydrogen-bond donors (Lipinski definition) is 0. The Morgan fingerprint density at radius 2 is 1.77 bits per heavy atom. The second-order valence-electron chi connectivity index (χ2n) is 8.01. The van der Waals surface area contributed by atoms with Crippen molar-refractivity contribution in [3.05, 3.63) is 82.7 Å². The van der Waals surface area contributed by atoms with Crippen molar-refractivity contribution in [3.8, 4) is 0 Å². The number of carbonyl (C=O) groups is 1. The first kappa shape index (κ1) is 20.7. The number of hydrogen-bond acceptors (Lipinski definition) is 4. The van der Waals surface area contributed by atoms with Crippen LogP contribution in [0, 0.1) is 19.8 Å². The van der Waals surface area contributed by atoms with Crippen molar-refractivity contribution in [2.45, 2.75) is 43.8 Å². The number of aryl methyl sites for hydroxylation is 2. The van der Waals surface area contributed by atoms with Crippen molar-refractivity contribution < 1.29 is 9.32 Å². The standard InChI is InChI=1S/C25H28N2O2S/c1-18-23(19(2)29-26-18)17-30-24-11-7-6-10-22(24)25(28)27-14-12-21(13-15-27)16-20-8-4-3-5-9-20/h3-11,21H,12-17H2,1-2H3. The van der Waals surface area contributed by atoms with Crippen molar-refractivity contribution in [1.29, 1.82) is 0 Å². The molecule has 5 heteroatoms. The molecule has 2 aromatic carbocycles. The molecule has 0 atom stereocenters. The van der Waals surface area contributed by atoms with Gasteiger partial charge in [-0.2, -0.15) is 0 Å². The smallest absolute Gasteiger partial charge is 0.254 e. The molecular formula is C25H28N2O2S. The summed E-state index contributed by atoms with van der Waals surface area (Å²) in [4.78, 5) is 16.3. The highest BCUT2D eigenvalue weighted by molar-refractivity contribution is 7.98. The molecule has 156 valence electrons. The van der Waals surface area contributed by atoms with Gasteiger partial charge in [0, 0.05) is 29.3 Å². The van der Waals surface area contributed by atoms with Crippen LogP contribution in [-0.2, 0) is 12.2 Å². The lowest BCUT2D eigenvalue weighted by Gasteiger charge is -2.32. The number of carbonyl (C=O) groups excluding carboxylic acids is 1. The van der Waals surface area contributed by atoms with Crippen LogP contribution in [0.5, 0.6) is 0 Å². The van der Waals surface area contributed by atoms with E-state index in [1.807, 2.05) is 43.0 Å². The molecule has 0 bridgehead atoms. The van der Waals surface area contributed by atoms with Crippen molar-refractivity contribution in [2.24, 2.45) is 5.92 Å². The summed E-state index contributed by atoms with van der Waals surface area (Å²) in [7, 11) is 0. The van der Waals surface area contributed by atoms with Gasteiger partial charge in [-0.3, -0.25) is 4.79 Å². The average molecular weight is 421 g/mol. The van der Waals surface area contributed by atoms with Crippen molar-refractivity contribution >= 4 is 17.7 Å². The Kier molecular flexibility index (Phi) is 6.58. The van der Waals surface area contributed by atoms with E-state index < -0.39 is 0 Å². The molecule has 0 unspecified atom stereocenters.